The van der Waals surface area contributed by atoms with Gasteiger partial charge in [0.1, 0.15) is 12.1 Å². The van der Waals surface area contributed by atoms with Gasteiger partial charge >= 0.3 is 5.97 Å². The van der Waals surface area contributed by atoms with Crippen LogP contribution >= 0.6 is 23.4 Å². The molecule has 5 nitrogen and oxygen atoms in total. The molecule has 1 unspecified atom stereocenters. The van der Waals surface area contributed by atoms with E-state index in [0.29, 0.717) is 29.4 Å². The summed E-state index contributed by atoms with van der Waals surface area (Å²) in [6.07, 6.45) is 10.8. The first-order chi connectivity index (χ1) is 20.4. The van der Waals surface area contributed by atoms with E-state index in [1.54, 1.807) is 17.8 Å². The van der Waals surface area contributed by atoms with Crippen LogP contribution in [0.15, 0.2) is 66.7 Å². The summed E-state index contributed by atoms with van der Waals surface area (Å²) in [5.41, 5.74) is 5.00. The number of halogens is 1. The summed E-state index contributed by atoms with van der Waals surface area (Å²) in [6, 6.07) is 20.4. The Balaban J connectivity index is 1.66. The Hall–Kier alpha value is -2.80. The van der Waals surface area contributed by atoms with E-state index in [4.69, 9.17) is 16.3 Å². The summed E-state index contributed by atoms with van der Waals surface area (Å²) in [7, 11) is 0. The molecule has 0 radical (unpaired) electrons. The minimum Gasteiger partial charge on any atom is -0.480 e. The van der Waals surface area contributed by atoms with Crippen LogP contribution in [0, 0.1) is 12.8 Å². The average Bonchev–Trinajstić information content (AvgIpc) is 2.99. The van der Waals surface area contributed by atoms with Gasteiger partial charge in [0.05, 0.1) is 0 Å². The summed E-state index contributed by atoms with van der Waals surface area (Å²) in [5, 5.41) is 13.1. The maximum atomic E-state index is 13.6. The molecule has 7 heteroatoms. The van der Waals surface area contributed by atoms with E-state index < -0.39 is 17.9 Å². The van der Waals surface area contributed by atoms with Gasteiger partial charge in [0.15, 0.2) is 0 Å². The topological polar surface area (TPSA) is 75.6 Å². The third-order valence-corrected chi connectivity index (χ3v) is 9.04. The Kier molecular flexibility index (Phi) is 12.4. The molecule has 0 heterocycles. The van der Waals surface area contributed by atoms with Crippen LogP contribution in [0.3, 0.4) is 0 Å². The SMILES string of the molecule is CSCC[C@H](NC(=O)c1ccc(C(OCCCC2CCCCC2)c2cccc(Cl)c2)cc1-c1ccccc1C)C(=O)O. The number of thioether (sulfide) groups is 1. The Labute approximate surface area is 259 Å². The highest BCUT2D eigenvalue weighted by atomic mass is 35.5. The zero-order valence-corrected chi connectivity index (χ0v) is 26.2. The fraction of sp³-hybridized carbons (Fsp3) is 0.429. The number of ether oxygens (including phenoxy) is 1. The first-order valence-electron chi connectivity index (χ1n) is 15.0. The molecule has 3 aromatic rings. The van der Waals surface area contributed by atoms with Crippen LogP contribution < -0.4 is 5.32 Å². The summed E-state index contributed by atoms with van der Waals surface area (Å²) in [4.78, 5) is 25.4. The number of carboxylic acids is 1. The fourth-order valence-corrected chi connectivity index (χ4v) is 6.52. The zero-order chi connectivity index (χ0) is 29.9. The molecular formula is C35H42ClNO4S. The Bertz CT molecular complexity index is 1340. The second-order valence-electron chi connectivity index (χ2n) is 11.2. The fourth-order valence-electron chi connectivity index (χ4n) is 5.85. The third kappa shape index (κ3) is 8.85. The number of amides is 1. The van der Waals surface area contributed by atoms with E-state index in [1.165, 1.54) is 38.5 Å². The van der Waals surface area contributed by atoms with Crippen molar-refractivity contribution in [1.29, 1.82) is 0 Å². The summed E-state index contributed by atoms with van der Waals surface area (Å²) in [6.45, 7) is 2.64. The number of hydrogen-bond donors (Lipinski definition) is 2. The molecule has 4 rings (SSSR count). The average molecular weight is 608 g/mol. The summed E-state index contributed by atoms with van der Waals surface area (Å²) < 4.78 is 6.58. The van der Waals surface area contributed by atoms with E-state index in [-0.39, 0.29) is 6.10 Å². The van der Waals surface area contributed by atoms with Crippen LogP contribution in [0.25, 0.3) is 11.1 Å². The van der Waals surface area contributed by atoms with E-state index >= 15 is 0 Å². The van der Waals surface area contributed by atoms with Crippen LogP contribution in [0.4, 0.5) is 0 Å². The maximum Gasteiger partial charge on any atom is 0.326 e. The highest BCUT2D eigenvalue weighted by Crippen LogP contribution is 2.35. The number of carboxylic acid groups (broad SMARTS) is 1. The van der Waals surface area contributed by atoms with Crippen molar-refractivity contribution < 1.29 is 19.4 Å². The lowest BCUT2D eigenvalue weighted by atomic mass is 9.86. The van der Waals surface area contributed by atoms with Gasteiger partial charge in [0.25, 0.3) is 5.91 Å². The van der Waals surface area contributed by atoms with Gasteiger partial charge in [-0.25, -0.2) is 4.79 Å². The predicted octanol–water partition coefficient (Wildman–Crippen LogP) is 8.72. The van der Waals surface area contributed by atoms with Gasteiger partial charge in [-0.2, -0.15) is 11.8 Å². The number of aryl methyl sites for hydroxylation is 1. The van der Waals surface area contributed by atoms with Crippen LogP contribution in [-0.4, -0.2) is 41.6 Å². The molecule has 0 saturated heterocycles. The van der Waals surface area contributed by atoms with Crippen LogP contribution in [-0.2, 0) is 9.53 Å². The van der Waals surface area contributed by atoms with Gasteiger partial charge in [0, 0.05) is 17.2 Å². The van der Waals surface area contributed by atoms with Gasteiger partial charge in [-0.1, -0.05) is 86.2 Å². The van der Waals surface area contributed by atoms with Crippen molar-refractivity contribution in [1.82, 2.24) is 5.32 Å². The predicted molar refractivity (Wildman–Crippen MR) is 174 cm³/mol. The van der Waals surface area contributed by atoms with Gasteiger partial charge < -0.3 is 15.2 Å². The lowest BCUT2D eigenvalue weighted by Gasteiger charge is -2.24. The minimum absolute atomic E-state index is 0.353. The number of carbonyl (C=O) groups is 2. The molecule has 0 aliphatic heterocycles. The molecule has 1 saturated carbocycles. The molecule has 0 spiro atoms. The molecule has 0 bridgehead atoms. The molecule has 1 aliphatic rings. The van der Waals surface area contributed by atoms with Crippen LogP contribution in [0.1, 0.15) is 84.5 Å². The first kappa shape index (κ1) is 32.1. The highest BCUT2D eigenvalue weighted by Gasteiger charge is 2.25. The van der Waals surface area contributed by atoms with E-state index in [2.05, 4.69) is 5.32 Å². The van der Waals surface area contributed by atoms with Crippen molar-refractivity contribution >= 4 is 35.2 Å². The van der Waals surface area contributed by atoms with Gasteiger partial charge in [-0.3, -0.25) is 4.79 Å². The van der Waals surface area contributed by atoms with Crippen molar-refractivity contribution in [3.63, 3.8) is 0 Å². The highest BCUT2D eigenvalue weighted by molar-refractivity contribution is 7.98. The van der Waals surface area contributed by atoms with Gasteiger partial charge in [-0.05, 0) is 96.2 Å². The molecule has 3 aromatic carbocycles. The van der Waals surface area contributed by atoms with Crippen LogP contribution in [0.2, 0.25) is 5.02 Å². The number of benzene rings is 3. The van der Waals surface area contributed by atoms with Crippen molar-refractivity contribution in [2.75, 3.05) is 18.6 Å². The number of carbonyl (C=O) groups excluding carboxylic acids is 1. The van der Waals surface area contributed by atoms with E-state index in [9.17, 15) is 14.7 Å². The van der Waals surface area contributed by atoms with Crippen LogP contribution in [0.5, 0.6) is 0 Å². The third-order valence-electron chi connectivity index (χ3n) is 8.16. The molecule has 1 fully saturated rings. The molecule has 224 valence electrons. The van der Waals surface area contributed by atoms with Crippen molar-refractivity contribution in [3.05, 3.63) is 94.0 Å². The molecular weight excluding hydrogens is 566 g/mol. The minimum atomic E-state index is -1.03. The van der Waals surface area contributed by atoms with Crippen molar-refractivity contribution in [3.8, 4) is 11.1 Å². The standard InChI is InChI=1S/C35H42ClNO4S/c1-24-10-6-7-16-29(24)31-23-27(17-18-30(31)34(38)37-32(35(39)40)19-21-42-2)33(26-14-8-15-28(36)22-26)41-20-9-13-25-11-4-3-5-12-25/h6-8,10,14-18,22-23,25,32-33H,3-5,9,11-13,19-21H2,1-2H3,(H,37,38)(H,39,40)/t32-,33?/m0/s1. The molecule has 0 aromatic heterocycles. The number of rotatable bonds is 14. The molecule has 2 atom stereocenters. The van der Waals surface area contributed by atoms with E-state index in [1.807, 2.05) is 73.8 Å². The number of hydrogen-bond acceptors (Lipinski definition) is 4. The quantitative estimate of drug-likeness (QED) is 0.179. The van der Waals surface area contributed by atoms with Gasteiger partial charge in [-0.15, -0.1) is 0 Å². The smallest absolute Gasteiger partial charge is 0.326 e. The van der Waals surface area contributed by atoms with Gasteiger partial charge in [0.2, 0.25) is 0 Å². The summed E-state index contributed by atoms with van der Waals surface area (Å²) in [5.74, 6) is -0.00153. The first-order valence-corrected chi connectivity index (χ1v) is 16.7. The zero-order valence-electron chi connectivity index (χ0n) is 24.6. The Morgan fingerprint density at radius 2 is 1.76 bits per heavy atom. The molecule has 42 heavy (non-hydrogen) atoms. The molecule has 1 aliphatic carbocycles. The normalized spacial score (nSPS) is 15.2. The van der Waals surface area contributed by atoms with Crippen molar-refractivity contribution in [2.45, 2.75) is 70.4 Å². The Morgan fingerprint density at radius 1 is 1.00 bits per heavy atom. The number of nitrogens with one attached hydrogen (secondary N) is 1. The lowest BCUT2D eigenvalue weighted by molar-refractivity contribution is -0.139. The lowest BCUT2D eigenvalue weighted by Crippen LogP contribution is -2.41. The largest absolute Gasteiger partial charge is 0.480 e. The second-order valence-corrected chi connectivity index (χ2v) is 12.6. The monoisotopic (exact) mass is 607 g/mol. The summed E-state index contributed by atoms with van der Waals surface area (Å²) >= 11 is 7.96. The van der Waals surface area contributed by atoms with E-state index in [0.717, 1.165) is 40.2 Å². The second kappa shape index (κ2) is 16.2. The van der Waals surface area contributed by atoms with Crippen molar-refractivity contribution in [2.24, 2.45) is 5.92 Å². The Morgan fingerprint density at radius 3 is 2.48 bits per heavy atom. The number of aliphatic carboxylic acids is 1. The maximum absolute atomic E-state index is 13.6. The molecule has 1 amide bonds. The molecule has 2 N–H and O–H groups in total.